The normalized spacial score (nSPS) is 21.5. The summed E-state index contributed by atoms with van der Waals surface area (Å²) in [5, 5.41) is 0. The Balaban J connectivity index is 1.23. The van der Waals surface area contributed by atoms with Gasteiger partial charge in [-0.05, 0) is 30.2 Å². The summed E-state index contributed by atoms with van der Waals surface area (Å²) in [6.45, 7) is 3.27. The second-order valence-corrected chi connectivity index (χ2v) is 9.57. The molecule has 1 aromatic carbocycles. The Morgan fingerprint density at radius 3 is 2.66 bits per heavy atom. The van der Waals surface area contributed by atoms with Crippen LogP contribution in [0.25, 0.3) is 0 Å². The van der Waals surface area contributed by atoms with Crippen LogP contribution in [-0.4, -0.2) is 39.3 Å². The minimum absolute atomic E-state index is 0.0765. The van der Waals surface area contributed by atoms with Crippen LogP contribution >= 0.6 is 0 Å². The van der Waals surface area contributed by atoms with Gasteiger partial charge in [0.25, 0.3) is 0 Å². The molecule has 0 radical (unpaired) electrons. The van der Waals surface area contributed by atoms with Gasteiger partial charge < -0.3 is 19.1 Å². The Bertz CT molecular complexity index is 1470. The first-order valence-electron chi connectivity index (χ1n) is 11.9. The fraction of sp³-hybridized carbons (Fsp3) is 0.400. The van der Waals surface area contributed by atoms with E-state index in [1.165, 1.54) is 0 Å². The van der Waals surface area contributed by atoms with Crippen molar-refractivity contribution in [2.75, 3.05) is 18.1 Å². The van der Waals surface area contributed by atoms with Crippen LogP contribution in [0.3, 0.4) is 0 Å². The number of pyridine rings is 1. The van der Waals surface area contributed by atoms with Gasteiger partial charge in [-0.25, -0.2) is 13.6 Å². The molecular formula is C25H21F5N4O4. The molecule has 2 saturated heterocycles. The van der Waals surface area contributed by atoms with E-state index in [1.54, 1.807) is 4.57 Å². The number of morpholine rings is 1. The van der Waals surface area contributed by atoms with E-state index in [9.17, 15) is 26.7 Å². The zero-order valence-electron chi connectivity index (χ0n) is 20.0. The quantitative estimate of drug-likeness (QED) is 0.437. The summed E-state index contributed by atoms with van der Waals surface area (Å²) in [5.74, 6) is -2.74. The summed E-state index contributed by atoms with van der Waals surface area (Å²) in [7, 11) is 0. The van der Waals surface area contributed by atoms with Gasteiger partial charge in [-0.3, -0.25) is 9.55 Å². The number of hydrogen-bond acceptors (Lipinski definition) is 7. The number of hydrogen-bond donors (Lipinski definition) is 0. The average molecular weight is 536 g/mol. The highest BCUT2D eigenvalue weighted by atomic mass is 19.4. The molecule has 2 aromatic heterocycles. The van der Waals surface area contributed by atoms with E-state index in [1.807, 2.05) is 6.92 Å². The summed E-state index contributed by atoms with van der Waals surface area (Å²) >= 11 is 0. The Labute approximate surface area is 212 Å². The Hall–Kier alpha value is -3.74. The molecule has 3 aliphatic heterocycles. The first kappa shape index (κ1) is 24.6. The minimum atomic E-state index is -4.74. The van der Waals surface area contributed by atoms with Crippen LogP contribution in [0, 0.1) is 11.6 Å². The van der Waals surface area contributed by atoms with Crippen LogP contribution in [0.5, 0.6) is 17.4 Å². The number of fused-ring (bicyclic) bond motifs is 3. The molecule has 200 valence electrons. The van der Waals surface area contributed by atoms with Crippen molar-refractivity contribution in [3.8, 4) is 17.4 Å². The third-order valence-electron chi connectivity index (χ3n) is 7.10. The highest BCUT2D eigenvalue weighted by Crippen LogP contribution is 2.48. The molecule has 2 fully saturated rings. The van der Waals surface area contributed by atoms with Gasteiger partial charge in [0.1, 0.15) is 23.9 Å². The lowest BCUT2D eigenvalue weighted by atomic mass is 10.0. The second-order valence-electron chi connectivity index (χ2n) is 9.57. The van der Waals surface area contributed by atoms with Gasteiger partial charge in [-0.1, -0.05) is 6.92 Å². The van der Waals surface area contributed by atoms with Crippen LogP contribution in [0.4, 0.5) is 27.8 Å². The number of nitrogens with zero attached hydrogens (tertiary/aromatic N) is 4. The molecule has 8 nitrogen and oxygen atoms in total. The number of aromatic nitrogens is 3. The van der Waals surface area contributed by atoms with Crippen LogP contribution in [-0.2, 0) is 30.5 Å². The van der Waals surface area contributed by atoms with Gasteiger partial charge >= 0.3 is 11.9 Å². The van der Waals surface area contributed by atoms with E-state index in [0.717, 1.165) is 36.6 Å². The molecular weight excluding hydrogens is 515 g/mol. The second kappa shape index (κ2) is 8.65. The Kier molecular flexibility index (Phi) is 5.60. The van der Waals surface area contributed by atoms with Gasteiger partial charge in [0.15, 0.2) is 17.4 Å². The number of ether oxygens (including phenoxy) is 3. The Morgan fingerprint density at radius 2 is 1.97 bits per heavy atom. The minimum Gasteiger partial charge on any atom is -0.472 e. The molecule has 2 atom stereocenters. The summed E-state index contributed by atoms with van der Waals surface area (Å²) in [5.41, 5.74) is -1.21. The van der Waals surface area contributed by atoms with Gasteiger partial charge in [0, 0.05) is 25.2 Å². The molecule has 13 heteroatoms. The van der Waals surface area contributed by atoms with Crippen molar-refractivity contribution in [3.05, 3.63) is 69.4 Å². The van der Waals surface area contributed by atoms with E-state index in [0.29, 0.717) is 37.7 Å². The Morgan fingerprint density at radius 1 is 1.21 bits per heavy atom. The lowest BCUT2D eigenvalue weighted by Crippen LogP contribution is -2.46. The zero-order chi connectivity index (χ0) is 26.8. The first-order chi connectivity index (χ1) is 18.1. The number of anilines is 1. The van der Waals surface area contributed by atoms with Crippen molar-refractivity contribution in [3.63, 3.8) is 0 Å². The van der Waals surface area contributed by atoms with E-state index >= 15 is 0 Å². The summed E-state index contributed by atoms with van der Waals surface area (Å²) < 4.78 is 86.4. The molecule has 2 bridgehead atoms. The molecule has 5 heterocycles. The third kappa shape index (κ3) is 3.96. The summed E-state index contributed by atoms with van der Waals surface area (Å²) in [6.07, 6.45) is -2.46. The zero-order valence-corrected chi connectivity index (χ0v) is 20.0. The maximum atomic E-state index is 14.7. The van der Waals surface area contributed by atoms with Crippen molar-refractivity contribution in [1.29, 1.82) is 0 Å². The largest absolute Gasteiger partial charge is 0.472 e. The van der Waals surface area contributed by atoms with Gasteiger partial charge in [0.2, 0.25) is 5.88 Å². The van der Waals surface area contributed by atoms with E-state index in [2.05, 4.69) is 14.9 Å². The number of rotatable bonds is 6. The molecule has 1 spiro atoms. The van der Waals surface area contributed by atoms with Crippen molar-refractivity contribution < 1.29 is 36.2 Å². The molecule has 0 unspecified atom stereocenters. The number of alkyl halides is 3. The lowest BCUT2D eigenvalue weighted by molar-refractivity contribution is -0.141. The van der Waals surface area contributed by atoms with E-state index in [-0.39, 0.29) is 29.7 Å². The van der Waals surface area contributed by atoms with E-state index < -0.39 is 40.7 Å². The van der Waals surface area contributed by atoms with E-state index in [4.69, 9.17) is 14.2 Å². The molecule has 0 aliphatic carbocycles. The standard InChI is InChI=1S/C25H21F5N4O4/c1-2-16-21(32-23(35)33-11-24-8-15(37-12-24)9-34(24)22(16)33)36-10-13-5-17(26)20(18(27)6-13)38-14-3-4-31-19(7-14)25(28,29)30/h3-7,15H,2,8-12H2,1H3/t15-,24+/m0/s1. The molecule has 0 N–H and O–H groups in total. The summed E-state index contributed by atoms with van der Waals surface area (Å²) in [4.78, 5) is 22.3. The molecule has 38 heavy (non-hydrogen) atoms. The molecule has 0 amide bonds. The topological polar surface area (TPSA) is 78.7 Å². The van der Waals surface area contributed by atoms with Crippen molar-refractivity contribution in [2.24, 2.45) is 0 Å². The van der Waals surface area contributed by atoms with Crippen LogP contribution < -0.4 is 20.1 Å². The maximum Gasteiger partial charge on any atom is 0.433 e. The highest BCUT2D eigenvalue weighted by Gasteiger charge is 2.57. The van der Waals surface area contributed by atoms with Crippen LogP contribution in [0.2, 0.25) is 0 Å². The fourth-order valence-electron chi connectivity index (χ4n) is 5.45. The monoisotopic (exact) mass is 536 g/mol. The highest BCUT2D eigenvalue weighted by molar-refractivity contribution is 5.59. The molecule has 3 aliphatic rings. The van der Waals surface area contributed by atoms with Crippen LogP contribution in [0.15, 0.2) is 35.3 Å². The summed E-state index contributed by atoms with van der Waals surface area (Å²) in [6, 6.07) is 3.49. The fourth-order valence-corrected chi connectivity index (χ4v) is 5.45. The lowest BCUT2D eigenvalue weighted by Gasteiger charge is -2.33. The smallest absolute Gasteiger partial charge is 0.433 e. The predicted molar refractivity (Wildman–Crippen MR) is 122 cm³/mol. The SMILES string of the molecule is CCc1c(OCc2cc(F)c(Oc3ccnc(C(F)(F)F)c3)c(F)c2)nc(=O)n2c1N1C[C@@H]3C[C@]1(CO3)C2. The molecule has 6 rings (SSSR count). The van der Waals surface area contributed by atoms with Crippen molar-refractivity contribution >= 4 is 5.82 Å². The van der Waals surface area contributed by atoms with Crippen molar-refractivity contribution in [2.45, 2.75) is 50.7 Å². The van der Waals surface area contributed by atoms with Gasteiger partial charge in [-0.15, -0.1) is 0 Å². The third-order valence-corrected chi connectivity index (χ3v) is 7.10. The van der Waals surface area contributed by atoms with Crippen molar-refractivity contribution in [1.82, 2.24) is 14.5 Å². The van der Waals surface area contributed by atoms with Gasteiger partial charge in [0.05, 0.1) is 30.4 Å². The molecule has 3 aromatic rings. The number of halogens is 5. The van der Waals surface area contributed by atoms with Gasteiger partial charge in [-0.2, -0.15) is 18.2 Å². The average Bonchev–Trinajstić information content (AvgIpc) is 3.53. The number of benzene rings is 1. The molecule has 0 saturated carbocycles. The first-order valence-corrected chi connectivity index (χ1v) is 11.9. The predicted octanol–water partition coefficient (Wildman–Crippen LogP) is 4.23. The maximum absolute atomic E-state index is 14.7. The van der Waals surface area contributed by atoms with Crippen LogP contribution in [0.1, 0.15) is 30.2 Å².